The van der Waals surface area contributed by atoms with Crippen molar-refractivity contribution in [3.05, 3.63) is 35.4 Å². The number of sulfonamides is 1. The average Bonchev–Trinajstić information content (AvgIpc) is 2.48. The van der Waals surface area contributed by atoms with Crippen molar-refractivity contribution in [1.82, 2.24) is 4.31 Å². The maximum atomic E-state index is 12.5. The van der Waals surface area contributed by atoms with Crippen molar-refractivity contribution in [3.63, 3.8) is 0 Å². The number of rotatable bonds is 6. The lowest BCUT2D eigenvalue weighted by Gasteiger charge is -2.31. The highest BCUT2D eigenvalue weighted by Crippen LogP contribution is 2.24. The lowest BCUT2D eigenvalue weighted by molar-refractivity contribution is 0.262. The molecule has 21 heavy (non-hydrogen) atoms. The molecule has 0 aromatic heterocycles. The van der Waals surface area contributed by atoms with E-state index in [1.807, 2.05) is 24.3 Å². The summed E-state index contributed by atoms with van der Waals surface area (Å²) in [5.74, 6) is 1.19. The molecule has 1 aromatic rings. The van der Waals surface area contributed by atoms with Gasteiger partial charge in [0.15, 0.2) is 0 Å². The van der Waals surface area contributed by atoms with Gasteiger partial charge in [0, 0.05) is 19.0 Å². The van der Waals surface area contributed by atoms with E-state index < -0.39 is 10.0 Å². The normalized spacial score (nSPS) is 18.0. The smallest absolute Gasteiger partial charge is 0.212 e. The lowest BCUT2D eigenvalue weighted by Crippen LogP contribution is -2.39. The quantitative estimate of drug-likeness (QED) is 0.745. The Labute approximate surface area is 133 Å². The van der Waals surface area contributed by atoms with Crippen LogP contribution in [0.3, 0.4) is 0 Å². The third-order valence-corrected chi connectivity index (χ3v) is 6.32. The summed E-state index contributed by atoms with van der Waals surface area (Å²) in [7, 11) is -3.21. The van der Waals surface area contributed by atoms with Crippen LogP contribution in [0.2, 0.25) is 0 Å². The highest BCUT2D eigenvalue weighted by Gasteiger charge is 2.27. The van der Waals surface area contributed by atoms with Crippen molar-refractivity contribution in [2.45, 2.75) is 44.2 Å². The van der Waals surface area contributed by atoms with Crippen LogP contribution in [0.4, 0.5) is 0 Å². The molecule has 3 nitrogen and oxygen atoms in total. The molecule has 0 radical (unpaired) electrons. The Balaban J connectivity index is 1.99. The maximum Gasteiger partial charge on any atom is 0.218 e. The van der Waals surface area contributed by atoms with Gasteiger partial charge in [-0.05, 0) is 29.9 Å². The van der Waals surface area contributed by atoms with E-state index in [4.69, 9.17) is 11.6 Å². The average molecular weight is 330 g/mol. The molecule has 1 aliphatic rings. The monoisotopic (exact) mass is 329 g/mol. The summed E-state index contributed by atoms with van der Waals surface area (Å²) in [5.41, 5.74) is 1.79. The van der Waals surface area contributed by atoms with Gasteiger partial charge in [0.2, 0.25) is 10.0 Å². The molecule has 1 heterocycles. The number of halogens is 1. The molecule has 0 aliphatic carbocycles. The number of hydrogen-bond acceptors (Lipinski definition) is 2. The van der Waals surface area contributed by atoms with Gasteiger partial charge in [-0.25, -0.2) is 12.7 Å². The molecule has 0 bridgehead atoms. The van der Waals surface area contributed by atoms with Gasteiger partial charge in [0.1, 0.15) is 0 Å². The lowest BCUT2D eigenvalue weighted by atomic mass is 9.94. The van der Waals surface area contributed by atoms with Crippen LogP contribution >= 0.6 is 11.6 Å². The van der Waals surface area contributed by atoms with Crippen LogP contribution in [0.25, 0.3) is 0 Å². The van der Waals surface area contributed by atoms with E-state index in [2.05, 4.69) is 6.92 Å². The van der Waals surface area contributed by atoms with E-state index in [-0.39, 0.29) is 5.75 Å². The molecule has 5 heteroatoms. The van der Waals surface area contributed by atoms with Gasteiger partial charge in [-0.1, -0.05) is 44.0 Å². The topological polar surface area (TPSA) is 37.4 Å². The van der Waals surface area contributed by atoms with E-state index in [1.165, 1.54) is 12.8 Å². The molecule has 1 aromatic carbocycles. The van der Waals surface area contributed by atoms with Crippen molar-refractivity contribution in [2.75, 3.05) is 13.1 Å². The molecule has 0 amide bonds. The Morgan fingerprint density at radius 2 is 1.90 bits per heavy atom. The van der Waals surface area contributed by atoms with Crippen molar-refractivity contribution < 1.29 is 8.42 Å². The summed E-state index contributed by atoms with van der Waals surface area (Å²) in [5, 5.41) is 0. The van der Waals surface area contributed by atoms with E-state index in [0.29, 0.717) is 24.9 Å². The molecule has 2 rings (SSSR count). The van der Waals surface area contributed by atoms with Crippen LogP contribution in [0, 0.1) is 5.92 Å². The van der Waals surface area contributed by atoms with Crippen LogP contribution in [-0.4, -0.2) is 25.8 Å². The Hall–Kier alpha value is -0.580. The zero-order valence-corrected chi connectivity index (χ0v) is 14.2. The molecule has 0 N–H and O–H groups in total. The molecular formula is C16H24ClNO2S. The van der Waals surface area contributed by atoms with Gasteiger partial charge in [-0.15, -0.1) is 11.6 Å². The highest BCUT2D eigenvalue weighted by atomic mass is 35.5. The van der Waals surface area contributed by atoms with Gasteiger partial charge in [-0.3, -0.25) is 0 Å². The largest absolute Gasteiger partial charge is 0.218 e. The highest BCUT2D eigenvalue weighted by molar-refractivity contribution is 7.88. The van der Waals surface area contributed by atoms with Crippen LogP contribution in [0.15, 0.2) is 24.3 Å². The van der Waals surface area contributed by atoms with Crippen molar-refractivity contribution in [3.8, 4) is 0 Å². The third-order valence-electron chi connectivity index (χ3n) is 4.16. The van der Waals surface area contributed by atoms with E-state index >= 15 is 0 Å². The first kappa shape index (κ1) is 16.8. The number of piperidine rings is 1. The first-order valence-corrected chi connectivity index (χ1v) is 9.81. The van der Waals surface area contributed by atoms with Crippen molar-refractivity contribution >= 4 is 21.6 Å². The standard InChI is InChI=1S/C16H24ClNO2S/c1-2-4-14-7-9-18(10-8-14)21(19,20)13-16-6-3-5-15(11-16)12-17/h3,5-6,11,14H,2,4,7-10,12-13H2,1H3. The fourth-order valence-corrected chi connectivity index (χ4v) is 4.71. The summed E-state index contributed by atoms with van der Waals surface area (Å²) in [6, 6.07) is 7.53. The third kappa shape index (κ3) is 4.70. The zero-order chi connectivity index (χ0) is 15.3. The summed E-state index contributed by atoms with van der Waals surface area (Å²) in [6.07, 6.45) is 4.39. The molecule has 1 saturated heterocycles. The van der Waals surface area contributed by atoms with Gasteiger partial charge in [0.25, 0.3) is 0 Å². The Bertz CT molecular complexity index is 551. The minimum Gasteiger partial charge on any atom is -0.212 e. The second-order valence-corrected chi connectivity index (χ2v) is 8.08. The number of alkyl halides is 1. The Morgan fingerprint density at radius 1 is 1.24 bits per heavy atom. The van der Waals surface area contributed by atoms with Crippen LogP contribution in [0.1, 0.15) is 43.7 Å². The molecule has 1 aliphatic heterocycles. The summed E-state index contributed by atoms with van der Waals surface area (Å²) < 4.78 is 26.7. The molecule has 0 atom stereocenters. The van der Waals surface area contributed by atoms with Crippen LogP contribution in [0.5, 0.6) is 0 Å². The SMILES string of the molecule is CCCC1CCN(S(=O)(=O)Cc2cccc(CCl)c2)CC1. The Kier molecular flexibility index (Phi) is 6.08. The van der Waals surface area contributed by atoms with Crippen LogP contribution < -0.4 is 0 Å². The zero-order valence-electron chi connectivity index (χ0n) is 12.6. The van der Waals surface area contributed by atoms with Crippen molar-refractivity contribution in [2.24, 2.45) is 5.92 Å². The number of hydrogen-bond donors (Lipinski definition) is 0. The summed E-state index contributed by atoms with van der Waals surface area (Å²) in [6.45, 7) is 3.53. The number of benzene rings is 1. The summed E-state index contributed by atoms with van der Waals surface area (Å²) in [4.78, 5) is 0. The molecule has 1 fully saturated rings. The minimum absolute atomic E-state index is 0.0795. The van der Waals surface area contributed by atoms with Crippen LogP contribution in [-0.2, 0) is 21.7 Å². The Morgan fingerprint density at radius 3 is 2.52 bits per heavy atom. The predicted molar refractivity (Wildman–Crippen MR) is 87.8 cm³/mol. The van der Waals surface area contributed by atoms with E-state index in [9.17, 15) is 8.42 Å². The second-order valence-electron chi connectivity index (χ2n) is 5.84. The van der Waals surface area contributed by atoms with E-state index in [1.54, 1.807) is 4.31 Å². The molecular weight excluding hydrogens is 306 g/mol. The molecule has 118 valence electrons. The van der Waals surface area contributed by atoms with Gasteiger partial charge in [-0.2, -0.15) is 0 Å². The fraction of sp³-hybridized carbons (Fsp3) is 0.625. The van der Waals surface area contributed by atoms with Gasteiger partial charge >= 0.3 is 0 Å². The summed E-state index contributed by atoms with van der Waals surface area (Å²) >= 11 is 5.80. The second kappa shape index (κ2) is 7.61. The molecule has 0 unspecified atom stereocenters. The minimum atomic E-state index is -3.21. The molecule has 0 saturated carbocycles. The maximum absolute atomic E-state index is 12.5. The van der Waals surface area contributed by atoms with Gasteiger partial charge in [0.05, 0.1) is 5.75 Å². The van der Waals surface area contributed by atoms with Crippen molar-refractivity contribution in [1.29, 1.82) is 0 Å². The molecule has 0 spiro atoms. The predicted octanol–water partition coefficient (Wildman–Crippen LogP) is 3.77. The van der Waals surface area contributed by atoms with Gasteiger partial charge < -0.3 is 0 Å². The number of nitrogens with zero attached hydrogens (tertiary/aromatic N) is 1. The first-order valence-electron chi connectivity index (χ1n) is 7.66. The fourth-order valence-electron chi connectivity index (χ4n) is 2.99. The van der Waals surface area contributed by atoms with E-state index in [0.717, 1.165) is 24.0 Å². The first-order chi connectivity index (χ1) is 10.0.